The van der Waals surface area contributed by atoms with Crippen molar-refractivity contribution in [3.63, 3.8) is 0 Å². The highest BCUT2D eigenvalue weighted by molar-refractivity contribution is 5.88. The summed E-state index contributed by atoms with van der Waals surface area (Å²) in [6.45, 7) is 1.63. The number of pyridine rings is 1. The summed E-state index contributed by atoms with van der Waals surface area (Å²) in [5, 5.41) is 0.916. The van der Waals surface area contributed by atoms with Gasteiger partial charge in [-0.2, -0.15) is 0 Å². The van der Waals surface area contributed by atoms with E-state index in [2.05, 4.69) is 4.98 Å². The number of carbonyl (C=O) groups is 1. The summed E-state index contributed by atoms with van der Waals surface area (Å²) in [5.41, 5.74) is 2.41. The van der Waals surface area contributed by atoms with Crippen LogP contribution < -0.4 is 14.2 Å². The SMILES string of the molecule is CC(=O)Oc1cccc2ccc(C=Cc3ccc4c(c3)OCO4)nc12. The lowest BCUT2D eigenvalue weighted by Crippen LogP contribution is -2.02. The van der Waals surface area contributed by atoms with Crippen molar-refractivity contribution in [1.29, 1.82) is 0 Å². The Morgan fingerprint density at radius 1 is 1.08 bits per heavy atom. The lowest BCUT2D eigenvalue weighted by Gasteiger charge is -2.06. The maximum atomic E-state index is 11.3. The molecular weight excluding hydrogens is 318 g/mol. The van der Waals surface area contributed by atoms with Gasteiger partial charge in [0.1, 0.15) is 5.52 Å². The number of ether oxygens (including phenoxy) is 3. The van der Waals surface area contributed by atoms with Crippen LogP contribution in [0.3, 0.4) is 0 Å². The molecule has 2 aromatic carbocycles. The molecule has 0 bridgehead atoms. The second-order valence-electron chi connectivity index (χ2n) is 5.60. The summed E-state index contributed by atoms with van der Waals surface area (Å²) < 4.78 is 15.9. The summed E-state index contributed by atoms with van der Waals surface area (Å²) >= 11 is 0. The van der Waals surface area contributed by atoms with Gasteiger partial charge in [-0.25, -0.2) is 4.98 Å². The Balaban J connectivity index is 1.66. The van der Waals surface area contributed by atoms with E-state index in [1.54, 1.807) is 6.07 Å². The Morgan fingerprint density at radius 2 is 1.96 bits per heavy atom. The molecule has 0 atom stereocenters. The molecular formula is C20H15NO4. The molecule has 1 aromatic heterocycles. The van der Waals surface area contributed by atoms with E-state index in [1.165, 1.54) is 6.92 Å². The van der Waals surface area contributed by atoms with Gasteiger partial charge in [-0.05, 0) is 35.9 Å². The molecule has 1 aliphatic heterocycles. The minimum atomic E-state index is -0.365. The summed E-state index contributed by atoms with van der Waals surface area (Å²) in [5.74, 6) is 1.59. The number of esters is 1. The Bertz CT molecular complexity index is 994. The van der Waals surface area contributed by atoms with E-state index >= 15 is 0 Å². The predicted molar refractivity (Wildman–Crippen MR) is 94.5 cm³/mol. The first-order valence-electron chi connectivity index (χ1n) is 7.85. The Morgan fingerprint density at radius 3 is 2.84 bits per heavy atom. The number of benzene rings is 2. The van der Waals surface area contributed by atoms with Crippen molar-refractivity contribution >= 4 is 29.0 Å². The highest BCUT2D eigenvalue weighted by Gasteiger charge is 2.12. The average molecular weight is 333 g/mol. The van der Waals surface area contributed by atoms with Gasteiger partial charge in [-0.3, -0.25) is 4.79 Å². The monoisotopic (exact) mass is 333 g/mol. The molecule has 0 unspecified atom stereocenters. The lowest BCUT2D eigenvalue weighted by atomic mass is 10.1. The third-order valence-electron chi connectivity index (χ3n) is 3.80. The van der Waals surface area contributed by atoms with Crippen LogP contribution in [0.25, 0.3) is 23.1 Å². The number of rotatable bonds is 3. The van der Waals surface area contributed by atoms with Crippen molar-refractivity contribution < 1.29 is 19.0 Å². The van der Waals surface area contributed by atoms with E-state index in [0.717, 1.165) is 28.1 Å². The van der Waals surface area contributed by atoms with Crippen molar-refractivity contribution in [3.8, 4) is 17.2 Å². The van der Waals surface area contributed by atoms with Crippen LogP contribution in [0, 0.1) is 0 Å². The number of fused-ring (bicyclic) bond motifs is 2. The van der Waals surface area contributed by atoms with E-state index in [1.807, 2.05) is 54.6 Å². The molecule has 3 aromatic rings. The highest BCUT2D eigenvalue weighted by atomic mass is 16.7. The zero-order chi connectivity index (χ0) is 17.2. The fourth-order valence-electron chi connectivity index (χ4n) is 2.66. The maximum absolute atomic E-state index is 11.3. The second-order valence-corrected chi connectivity index (χ2v) is 5.60. The van der Waals surface area contributed by atoms with Gasteiger partial charge >= 0.3 is 5.97 Å². The van der Waals surface area contributed by atoms with E-state index < -0.39 is 0 Å². The molecule has 124 valence electrons. The maximum Gasteiger partial charge on any atom is 0.308 e. The van der Waals surface area contributed by atoms with Crippen molar-refractivity contribution in [1.82, 2.24) is 4.98 Å². The minimum Gasteiger partial charge on any atom is -0.454 e. The van der Waals surface area contributed by atoms with Crippen molar-refractivity contribution in [3.05, 3.63) is 59.8 Å². The van der Waals surface area contributed by atoms with E-state index in [0.29, 0.717) is 11.3 Å². The highest BCUT2D eigenvalue weighted by Crippen LogP contribution is 2.33. The van der Waals surface area contributed by atoms with Crippen LogP contribution in [0.15, 0.2) is 48.5 Å². The number of nitrogens with zero attached hydrogens (tertiary/aromatic N) is 1. The minimum absolute atomic E-state index is 0.258. The number of carbonyl (C=O) groups excluding carboxylic acids is 1. The van der Waals surface area contributed by atoms with Gasteiger partial charge in [0, 0.05) is 12.3 Å². The molecule has 5 heteroatoms. The largest absolute Gasteiger partial charge is 0.454 e. The average Bonchev–Trinajstić information content (AvgIpc) is 3.07. The summed E-state index contributed by atoms with van der Waals surface area (Å²) in [6.07, 6.45) is 3.85. The molecule has 4 rings (SSSR count). The molecule has 25 heavy (non-hydrogen) atoms. The fourth-order valence-corrected chi connectivity index (χ4v) is 2.66. The van der Waals surface area contributed by atoms with Gasteiger partial charge in [0.15, 0.2) is 17.2 Å². The van der Waals surface area contributed by atoms with E-state index in [-0.39, 0.29) is 12.8 Å². The fraction of sp³-hybridized carbons (Fsp3) is 0.100. The molecule has 0 saturated carbocycles. The third kappa shape index (κ3) is 3.17. The first kappa shape index (κ1) is 15.2. The topological polar surface area (TPSA) is 57.7 Å². The van der Waals surface area contributed by atoms with Gasteiger partial charge in [0.05, 0.1) is 5.69 Å². The molecule has 5 nitrogen and oxygen atoms in total. The molecule has 0 saturated heterocycles. The third-order valence-corrected chi connectivity index (χ3v) is 3.80. The van der Waals surface area contributed by atoms with Crippen molar-refractivity contribution in [2.75, 3.05) is 6.79 Å². The molecule has 0 fully saturated rings. The van der Waals surface area contributed by atoms with Crippen molar-refractivity contribution in [2.45, 2.75) is 6.92 Å². The zero-order valence-electron chi connectivity index (χ0n) is 13.6. The molecule has 0 radical (unpaired) electrons. The van der Waals surface area contributed by atoms with Crippen LogP contribution in [-0.4, -0.2) is 17.7 Å². The number of para-hydroxylation sites is 1. The van der Waals surface area contributed by atoms with Gasteiger partial charge in [-0.1, -0.05) is 30.3 Å². The summed E-state index contributed by atoms with van der Waals surface area (Å²) in [4.78, 5) is 15.9. The first-order valence-corrected chi connectivity index (χ1v) is 7.85. The van der Waals surface area contributed by atoms with Gasteiger partial charge < -0.3 is 14.2 Å². The Labute approximate surface area is 144 Å². The quantitative estimate of drug-likeness (QED) is 0.534. The van der Waals surface area contributed by atoms with E-state index in [4.69, 9.17) is 14.2 Å². The van der Waals surface area contributed by atoms with Gasteiger partial charge in [0.2, 0.25) is 6.79 Å². The smallest absolute Gasteiger partial charge is 0.308 e. The van der Waals surface area contributed by atoms with E-state index in [9.17, 15) is 4.79 Å². The Hall–Kier alpha value is -3.34. The van der Waals surface area contributed by atoms with Gasteiger partial charge in [0.25, 0.3) is 0 Å². The van der Waals surface area contributed by atoms with Crippen molar-refractivity contribution in [2.24, 2.45) is 0 Å². The number of hydrogen-bond donors (Lipinski definition) is 0. The molecule has 1 aliphatic rings. The Kier molecular flexibility index (Phi) is 3.82. The van der Waals surface area contributed by atoms with Crippen LogP contribution >= 0.6 is 0 Å². The number of hydrogen-bond acceptors (Lipinski definition) is 5. The lowest BCUT2D eigenvalue weighted by molar-refractivity contribution is -0.131. The summed E-state index contributed by atoms with van der Waals surface area (Å²) in [6, 6.07) is 15.1. The molecule has 0 aliphatic carbocycles. The molecule has 0 spiro atoms. The van der Waals surface area contributed by atoms with Crippen LogP contribution in [0.2, 0.25) is 0 Å². The molecule has 2 heterocycles. The van der Waals surface area contributed by atoms with Gasteiger partial charge in [-0.15, -0.1) is 0 Å². The van der Waals surface area contributed by atoms with Crippen LogP contribution in [0.4, 0.5) is 0 Å². The molecule has 0 N–H and O–H groups in total. The van der Waals surface area contributed by atoms with Crippen LogP contribution in [0.5, 0.6) is 17.2 Å². The summed E-state index contributed by atoms with van der Waals surface area (Å²) in [7, 11) is 0. The second kappa shape index (κ2) is 6.28. The number of aromatic nitrogens is 1. The molecule has 0 amide bonds. The standard InChI is InChI=1S/C20H15NO4/c1-13(22)25-18-4-2-3-15-7-9-16(21-20(15)18)8-5-14-6-10-17-19(11-14)24-12-23-17/h2-11H,12H2,1H3. The zero-order valence-corrected chi connectivity index (χ0v) is 13.6. The predicted octanol–water partition coefficient (Wildman–Crippen LogP) is 4.06. The van der Waals surface area contributed by atoms with Crippen LogP contribution in [-0.2, 0) is 4.79 Å². The first-order chi connectivity index (χ1) is 12.2. The normalized spacial score (nSPS) is 12.7. The van der Waals surface area contributed by atoms with Crippen LogP contribution in [0.1, 0.15) is 18.2 Å².